The van der Waals surface area contributed by atoms with Crippen molar-refractivity contribution in [3.63, 3.8) is 0 Å². The summed E-state index contributed by atoms with van der Waals surface area (Å²) in [5.74, 6) is 0. The van der Waals surface area contributed by atoms with Gasteiger partial charge in [-0.1, -0.05) is 0 Å². The Kier molecular flexibility index (Phi) is 5290. The maximum atomic E-state index is 0. The fraction of sp³-hybridized carbons (Fsp3) is 0. The summed E-state index contributed by atoms with van der Waals surface area (Å²) in [5, 5.41) is 0. The molecular formula is CH3Y92-. The molecule has 93 heavy (non-hydrogen) atoms. The molecule has 92 radical (unpaired) electrons. The molecule has 0 aliphatic heterocycles. The molecule has 0 spiro atoms. The quantitative estimate of drug-likeness (QED) is 0.306. The van der Waals surface area contributed by atoms with E-state index in [1.807, 2.05) is 0 Å². The van der Waals surface area contributed by atoms with Crippen molar-refractivity contribution in [1.82, 2.24) is 0 Å². The third-order valence-corrected chi connectivity index (χ3v) is 0. The van der Waals surface area contributed by atoms with Crippen LogP contribution < -0.4 is 0 Å². The first-order chi connectivity index (χ1) is 0. The van der Waals surface area contributed by atoms with Crippen LogP contribution in [0.4, 0.5) is 0 Å². The van der Waals surface area contributed by atoms with Crippen LogP contribution in [0.3, 0.4) is 0 Å². The van der Waals surface area contributed by atoms with Gasteiger partial charge in [0.2, 0.25) is 0 Å². The zero-order valence-corrected chi connectivity index (χ0v) is 315. The fourth-order valence-corrected chi connectivity index (χ4v) is 0. The number of hydrogen-bond acceptors (Lipinski definition) is 0. The van der Waals surface area contributed by atoms with Crippen LogP contribution in [-0.2, 0) is 3010 Å². The number of hydrogen-bond donors (Lipinski definition) is 0. The topological polar surface area (TPSA) is 0 Å². The van der Waals surface area contributed by atoms with Gasteiger partial charge in [0, 0.05) is 3010 Å². The van der Waals surface area contributed by atoms with Crippen LogP contribution in [0.1, 0.15) is 0 Å². The summed E-state index contributed by atoms with van der Waals surface area (Å²) in [5.41, 5.74) is 0. The van der Waals surface area contributed by atoms with Crippen molar-refractivity contribution in [3.8, 4) is 0 Å². The molecule has 92 heteroatoms. The second-order valence-corrected chi connectivity index (χ2v) is 0. The molecule has 0 heterocycles. The zero-order valence-electron chi connectivity index (χ0n) is 54.1. The molecule has 0 saturated carbocycles. The Balaban J connectivity index is 0. The molecule has 0 fully saturated rings. The van der Waals surface area contributed by atoms with Crippen molar-refractivity contribution in [1.29, 1.82) is 0 Å². The predicted molar refractivity (Wildman–Crippen MR) is 6.41 cm³/mol. The van der Waals surface area contributed by atoms with E-state index in [4.69, 9.17) is 0 Å². The van der Waals surface area contributed by atoms with E-state index in [-0.39, 0.29) is 3020 Å². The van der Waals surface area contributed by atoms with Gasteiger partial charge in [0.25, 0.3) is 0 Å². The van der Waals surface area contributed by atoms with Crippen LogP contribution in [0.15, 0.2) is 0 Å². The minimum Gasteiger partial charge on any atom is -0.358 e. The van der Waals surface area contributed by atoms with E-state index in [0.29, 0.717) is 0 Å². The average Bonchev–Trinajstić information content (AvgIpc) is 0. The van der Waals surface area contributed by atoms with Crippen molar-refractivity contribution in [2.75, 3.05) is 0 Å². The van der Waals surface area contributed by atoms with Gasteiger partial charge in [-0.2, -0.15) is 0 Å². The fourth-order valence-electron chi connectivity index (χ4n) is 0. The van der Waals surface area contributed by atoms with Crippen molar-refractivity contribution < 1.29 is 3010 Å². The van der Waals surface area contributed by atoms with Gasteiger partial charge < -0.3 is 7.43 Å². The largest absolute Gasteiger partial charge is 0.358 e. The van der Waals surface area contributed by atoms with Crippen LogP contribution in [0.2, 0.25) is 0 Å². The Morgan fingerprint density at radius 3 is 0.0215 bits per heavy atom. The van der Waals surface area contributed by atoms with Gasteiger partial charge in [0.05, 0.1) is 0 Å². The van der Waals surface area contributed by atoms with E-state index in [1.54, 1.807) is 0 Å². The normalized spacial score (nSPS) is 0. The third-order valence-electron chi connectivity index (χ3n) is 0. The summed E-state index contributed by atoms with van der Waals surface area (Å²) in [6.45, 7) is 0. The molecule has 284 valence electrons. The van der Waals surface area contributed by atoms with Crippen LogP contribution in [0.25, 0.3) is 0 Å². The van der Waals surface area contributed by atoms with E-state index in [2.05, 4.69) is 0 Å². The first-order valence-corrected chi connectivity index (χ1v) is 0. The zero-order chi connectivity index (χ0) is 0. The molecule has 0 aromatic rings. The van der Waals surface area contributed by atoms with Gasteiger partial charge in [0.1, 0.15) is 0 Å². The Labute approximate surface area is 2900 Å². The molecule has 0 rings (SSSR count). The maximum Gasteiger partial charge on any atom is 0 e. The van der Waals surface area contributed by atoms with Gasteiger partial charge in [-0.05, 0) is 0 Å². The van der Waals surface area contributed by atoms with Crippen molar-refractivity contribution in [2.45, 2.75) is 0 Å². The van der Waals surface area contributed by atoms with Crippen LogP contribution in [0.5, 0.6) is 0 Å². The van der Waals surface area contributed by atoms with Crippen molar-refractivity contribution in [3.05, 3.63) is 7.43 Å². The predicted octanol–water partition coefficient (Wildman–Crippen LogP) is 0.220. The standard InChI is InChI=1S/CH3.92Y/h1H3;;;;;;;;;;;;;;;;;;;;;;;;;;;;;;;;;;;;;;;;;;;;;;;;;;;;;;;;;;;;;;;;;;;;;;;;;;;;;;;;;;;;;;;;;;;;/q-1;;;;;;;;;;;;;;;;;;;;;;;;;;;;;;;;;;;;;;;;;;;;;;;;;;;;;;;;;;;;;;;;;;;;;;;;;;;;;;;;;;;;;;;;;;;;. The van der Waals surface area contributed by atoms with Gasteiger partial charge >= 0.3 is 0 Å². The van der Waals surface area contributed by atoms with Crippen LogP contribution in [0, 0.1) is 7.43 Å². The summed E-state index contributed by atoms with van der Waals surface area (Å²) in [6.07, 6.45) is 0. The second kappa shape index (κ2) is 696. The van der Waals surface area contributed by atoms with Gasteiger partial charge in [-0.3, -0.25) is 0 Å². The van der Waals surface area contributed by atoms with Crippen molar-refractivity contribution >= 4 is 0 Å². The van der Waals surface area contributed by atoms with E-state index in [0.717, 1.165) is 0 Å². The van der Waals surface area contributed by atoms with E-state index in [1.165, 1.54) is 0 Å². The first kappa shape index (κ1) is 707. The second-order valence-electron chi connectivity index (χ2n) is 0. The number of rotatable bonds is 0. The van der Waals surface area contributed by atoms with Gasteiger partial charge in [-0.25, -0.2) is 0 Å². The van der Waals surface area contributed by atoms with E-state index < -0.39 is 0 Å². The monoisotopic (exact) mass is 8190 g/mol. The van der Waals surface area contributed by atoms with Gasteiger partial charge in [0.15, 0.2) is 0 Å². The Morgan fingerprint density at radius 1 is 0.0215 bits per heavy atom. The van der Waals surface area contributed by atoms with Crippen LogP contribution in [-0.4, -0.2) is 0 Å². The summed E-state index contributed by atoms with van der Waals surface area (Å²) in [4.78, 5) is 0. The molecule has 0 amide bonds. The SMILES string of the molecule is [CH3-].[Y].[Y].[Y].[Y].[Y].[Y].[Y].[Y].[Y].[Y].[Y].[Y].[Y].[Y].[Y].[Y].[Y].[Y].[Y].[Y].[Y].[Y].[Y].[Y].[Y].[Y].[Y].[Y].[Y].[Y].[Y].[Y].[Y].[Y].[Y].[Y].[Y].[Y].[Y].[Y].[Y].[Y].[Y].[Y].[Y].[Y].[Y].[Y].[Y].[Y].[Y].[Y].[Y].[Y].[Y].[Y].[Y].[Y].[Y].[Y].[Y].[Y].[Y].[Y].[Y].[Y].[Y].[Y].[Y].[Y].[Y].[Y].[Y].[Y].[Y].[Y].[Y].[Y].[Y].[Y].[Y].[Y].[Y].[Y].[Y].[Y].[Y].[Y].[Y].[Y].[Y].[Y]. The Morgan fingerprint density at radius 2 is 0.0215 bits per heavy atom. The Hall–Kier alpha value is 102. The molecule has 0 saturated heterocycles. The minimum atomic E-state index is 0. The molecule has 0 N–H and O–H groups in total. The van der Waals surface area contributed by atoms with Crippen molar-refractivity contribution in [2.24, 2.45) is 0 Å². The molecule has 0 aromatic heterocycles. The Bertz CT molecular complexity index is 7.97. The van der Waals surface area contributed by atoms with E-state index >= 15 is 0 Å². The molecule has 0 aliphatic rings. The molecule has 0 bridgehead atoms. The maximum absolute atomic E-state index is 0. The minimum absolute atomic E-state index is 0. The summed E-state index contributed by atoms with van der Waals surface area (Å²) in [6, 6.07) is 0. The van der Waals surface area contributed by atoms with Crippen LogP contribution >= 0.6 is 0 Å². The third kappa shape index (κ3) is 689. The average molecular weight is 8190 g/mol. The summed E-state index contributed by atoms with van der Waals surface area (Å²) in [7, 11) is 0. The molecular weight excluding hydrogens is 8190 g/mol. The molecule has 0 nitrogen and oxygen atoms in total. The smallest absolute Gasteiger partial charge is 0 e. The van der Waals surface area contributed by atoms with Gasteiger partial charge in [-0.15, -0.1) is 0 Å². The first-order valence-electron chi connectivity index (χ1n) is 0. The molecule has 0 atom stereocenters. The summed E-state index contributed by atoms with van der Waals surface area (Å²) < 4.78 is 0. The summed E-state index contributed by atoms with van der Waals surface area (Å²) >= 11 is 0. The molecule has 0 aromatic carbocycles. The molecule has 0 unspecified atom stereocenters. The molecule has 0 aliphatic carbocycles. The van der Waals surface area contributed by atoms with E-state index in [9.17, 15) is 0 Å².